The normalized spacial score (nSPS) is 13.7. The van der Waals surface area contributed by atoms with E-state index in [9.17, 15) is 28.2 Å². The van der Waals surface area contributed by atoms with Crippen LogP contribution in [-0.4, -0.2) is 34.8 Å². The molecule has 0 bridgehead atoms. The van der Waals surface area contributed by atoms with Crippen molar-refractivity contribution in [2.75, 3.05) is 0 Å². The first-order valence-electron chi connectivity index (χ1n) is 6.39. The number of carbonyl (C=O) groups excluding carboxylic acids is 2. The highest BCUT2D eigenvalue weighted by Crippen LogP contribution is 2.42. The molecular weight excluding hydrogens is 324 g/mol. The fourth-order valence-corrected chi connectivity index (χ4v) is 3.17. The molecule has 0 fully saturated rings. The Morgan fingerprint density at radius 1 is 0.870 bits per heavy atom. The van der Waals surface area contributed by atoms with Gasteiger partial charge in [0.1, 0.15) is 4.90 Å². The Bertz CT molecular complexity index is 1000. The van der Waals surface area contributed by atoms with Gasteiger partial charge in [-0.1, -0.05) is 17.7 Å². The number of aryl methyl sites for hydroxylation is 1. The number of phenolic OH excluding ortho intramolecular Hbond substituents is 2. The molecule has 0 heterocycles. The first-order valence-corrected chi connectivity index (χ1v) is 7.83. The fraction of sp³-hybridized carbons (Fsp3) is 0.0667. The molecule has 118 valence electrons. The Morgan fingerprint density at radius 3 is 2.13 bits per heavy atom. The van der Waals surface area contributed by atoms with Gasteiger partial charge in [-0.3, -0.25) is 14.1 Å². The minimum Gasteiger partial charge on any atom is -0.504 e. The van der Waals surface area contributed by atoms with Gasteiger partial charge < -0.3 is 10.2 Å². The van der Waals surface area contributed by atoms with Gasteiger partial charge in [-0.05, 0) is 19.1 Å². The van der Waals surface area contributed by atoms with Crippen LogP contribution < -0.4 is 0 Å². The molecule has 2 aromatic carbocycles. The van der Waals surface area contributed by atoms with Crippen molar-refractivity contribution in [3.05, 3.63) is 52.1 Å². The summed E-state index contributed by atoms with van der Waals surface area (Å²) < 4.78 is 31.6. The van der Waals surface area contributed by atoms with Gasteiger partial charge in [-0.15, -0.1) is 0 Å². The molecule has 3 rings (SSSR count). The summed E-state index contributed by atoms with van der Waals surface area (Å²) >= 11 is 0. The van der Waals surface area contributed by atoms with Gasteiger partial charge in [0.05, 0.1) is 5.56 Å². The van der Waals surface area contributed by atoms with Gasteiger partial charge in [-0.2, -0.15) is 8.42 Å². The summed E-state index contributed by atoms with van der Waals surface area (Å²) in [4.78, 5) is 24.0. The topological polar surface area (TPSA) is 129 Å². The largest absolute Gasteiger partial charge is 0.504 e. The molecule has 0 aliphatic heterocycles. The summed E-state index contributed by atoms with van der Waals surface area (Å²) in [6.45, 7) is 1.71. The van der Waals surface area contributed by atoms with Crippen LogP contribution in [0.5, 0.6) is 11.5 Å². The Hall–Kier alpha value is -2.71. The van der Waals surface area contributed by atoms with Crippen molar-refractivity contribution in [2.24, 2.45) is 0 Å². The molecule has 2 aromatic rings. The van der Waals surface area contributed by atoms with E-state index in [1.165, 1.54) is 12.1 Å². The van der Waals surface area contributed by atoms with Crippen LogP contribution in [0, 0.1) is 6.92 Å². The van der Waals surface area contributed by atoms with E-state index in [-0.39, 0.29) is 11.1 Å². The Labute approximate surface area is 130 Å². The molecular formula is C15H10O7S. The van der Waals surface area contributed by atoms with E-state index in [0.29, 0.717) is 11.6 Å². The van der Waals surface area contributed by atoms with Crippen molar-refractivity contribution in [1.29, 1.82) is 0 Å². The summed E-state index contributed by atoms with van der Waals surface area (Å²) in [6, 6.07) is 5.18. The van der Waals surface area contributed by atoms with Crippen molar-refractivity contribution in [2.45, 2.75) is 11.8 Å². The maximum atomic E-state index is 12.5. The maximum Gasteiger partial charge on any atom is 0.298 e. The van der Waals surface area contributed by atoms with E-state index >= 15 is 0 Å². The van der Waals surface area contributed by atoms with E-state index in [1.54, 1.807) is 13.0 Å². The molecule has 0 aromatic heterocycles. The highest BCUT2D eigenvalue weighted by molar-refractivity contribution is 7.86. The lowest BCUT2D eigenvalue weighted by molar-refractivity contribution is 0.0975. The van der Waals surface area contributed by atoms with Crippen LogP contribution >= 0.6 is 0 Å². The number of aromatic hydroxyl groups is 2. The van der Waals surface area contributed by atoms with Crippen molar-refractivity contribution in [3.8, 4) is 11.5 Å². The highest BCUT2D eigenvalue weighted by Gasteiger charge is 2.36. The first kappa shape index (κ1) is 15.2. The predicted molar refractivity (Wildman–Crippen MR) is 77.6 cm³/mol. The van der Waals surface area contributed by atoms with Crippen LogP contribution in [0.25, 0.3) is 0 Å². The second kappa shape index (κ2) is 4.64. The van der Waals surface area contributed by atoms with Crippen LogP contribution in [0.3, 0.4) is 0 Å². The quantitative estimate of drug-likeness (QED) is 0.453. The van der Waals surface area contributed by atoms with Gasteiger partial charge in [0.15, 0.2) is 23.1 Å². The molecule has 0 atom stereocenters. The third-order valence-electron chi connectivity index (χ3n) is 3.65. The van der Waals surface area contributed by atoms with Gasteiger partial charge in [0.2, 0.25) is 0 Å². The molecule has 7 nitrogen and oxygen atoms in total. The van der Waals surface area contributed by atoms with Gasteiger partial charge in [-0.25, -0.2) is 0 Å². The fourth-order valence-electron chi connectivity index (χ4n) is 2.56. The lowest BCUT2D eigenvalue weighted by atomic mass is 9.83. The lowest BCUT2D eigenvalue weighted by Crippen LogP contribution is -2.22. The Morgan fingerprint density at radius 2 is 1.52 bits per heavy atom. The Balaban J connectivity index is 2.41. The molecule has 0 saturated heterocycles. The van der Waals surface area contributed by atoms with Crippen molar-refractivity contribution in [1.82, 2.24) is 0 Å². The highest BCUT2D eigenvalue weighted by atomic mass is 32.2. The van der Waals surface area contributed by atoms with E-state index in [0.717, 1.165) is 0 Å². The zero-order chi connectivity index (χ0) is 17.1. The van der Waals surface area contributed by atoms with Crippen LogP contribution in [0.4, 0.5) is 0 Å². The maximum absolute atomic E-state index is 12.5. The summed E-state index contributed by atoms with van der Waals surface area (Å²) in [7, 11) is -4.89. The standard InChI is InChI=1S/C15H10O7S/c1-6-2-3-7-8(4-6)12(16)9-5-10(23(20,21)22)14(18)15(19)11(9)13(7)17/h2-5,18-19H,1H3,(H,20,21,22). The number of benzene rings is 2. The van der Waals surface area contributed by atoms with E-state index in [2.05, 4.69) is 0 Å². The summed E-state index contributed by atoms with van der Waals surface area (Å²) in [5.74, 6) is -3.63. The molecule has 0 unspecified atom stereocenters. The predicted octanol–water partition coefficient (Wildman–Crippen LogP) is 1.43. The zero-order valence-corrected chi connectivity index (χ0v) is 12.5. The minimum absolute atomic E-state index is 0.0439. The number of hydrogen-bond acceptors (Lipinski definition) is 6. The van der Waals surface area contributed by atoms with Crippen molar-refractivity contribution >= 4 is 21.7 Å². The monoisotopic (exact) mass is 334 g/mol. The van der Waals surface area contributed by atoms with E-state index in [1.807, 2.05) is 0 Å². The van der Waals surface area contributed by atoms with Crippen LogP contribution in [0.1, 0.15) is 37.4 Å². The smallest absolute Gasteiger partial charge is 0.298 e. The minimum atomic E-state index is -4.89. The average Bonchev–Trinajstić information content (AvgIpc) is 2.46. The molecule has 0 radical (unpaired) electrons. The molecule has 8 heteroatoms. The van der Waals surface area contributed by atoms with E-state index in [4.69, 9.17) is 4.55 Å². The molecule has 23 heavy (non-hydrogen) atoms. The third kappa shape index (κ3) is 2.11. The average molecular weight is 334 g/mol. The summed E-state index contributed by atoms with van der Waals surface area (Å²) in [6.07, 6.45) is 0. The van der Waals surface area contributed by atoms with Crippen LogP contribution in [0.15, 0.2) is 29.2 Å². The second-order valence-corrected chi connectivity index (χ2v) is 6.57. The molecule has 3 N–H and O–H groups in total. The molecule has 0 amide bonds. The van der Waals surface area contributed by atoms with Gasteiger partial charge >= 0.3 is 0 Å². The van der Waals surface area contributed by atoms with Crippen LogP contribution in [0.2, 0.25) is 0 Å². The van der Waals surface area contributed by atoms with Gasteiger partial charge in [0, 0.05) is 16.7 Å². The molecule has 0 spiro atoms. The summed E-state index contributed by atoms with van der Waals surface area (Å²) in [5, 5.41) is 19.7. The first-order chi connectivity index (χ1) is 10.6. The third-order valence-corrected chi connectivity index (χ3v) is 4.52. The molecule has 0 saturated carbocycles. The number of rotatable bonds is 1. The number of phenols is 2. The van der Waals surface area contributed by atoms with Crippen molar-refractivity contribution in [3.63, 3.8) is 0 Å². The SMILES string of the molecule is Cc1ccc2c(c1)C(=O)c1cc(S(=O)(=O)O)c(O)c(O)c1C2=O. The number of carbonyl (C=O) groups is 2. The van der Waals surface area contributed by atoms with Gasteiger partial charge in [0.25, 0.3) is 10.1 Å². The van der Waals surface area contributed by atoms with E-state index < -0.39 is 49.2 Å². The number of ketones is 2. The summed E-state index contributed by atoms with van der Waals surface area (Å²) in [5.41, 5.74) is -0.0603. The van der Waals surface area contributed by atoms with Crippen LogP contribution in [-0.2, 0) is 10.1 Å². The number of fused-ring (bicyclic) bond motifs is 2. The van der Waals surface area contributed by atoms with Crippen molar-refractivity contribution < 1.29 is 32.8 Å². The number of hydrogen-bond donors (Lipinski definition) is 3. The molecule has 1 aliphatic rings. The Kier molecular flexibility index (Phi) is 3.07. The molecule has 1 aliphatic carbocycles. The lowest BCUT2D eigenvalue weighted by Gasteiger charge is -2.20. The second-order valence-electron chi connectivity index (χ2n) is 5.18. The zero-order valence-electron chi connectivity index (χ0n) is 11.7.